The molecule has 0 radical (unpaired) electrons. The van der Waals surface area contributed by atoms with Crippen LogP contribution in [0.25, 0.3) is 28.0 Å². The number of ether oxygens (including phenoxy) is 1. The summed E-state index contributed by atoms with van der Waals surface area (Å²) in [5.74, 6) is 0.997. The zero-order chi connectivity index (χ0) is 20.5. The van der Waals surface area contributed by atoms with Crippen molar-refractivity contribution in [3.63, 3.8) is 0 Å². The van der Waals surface area contributed by atoms with E-state index in [0.717, 1.165) is 46.9 Å². The fraction of sp³-hybridized carbons (Fsp3) is 0.217. The zero-order valence-electron chi connectivity index (χ0n) is 16.6. The molecule has 0 saturated carbocycles. The van der Waals surface area contributed by atoms with Gasteiger partial charge in [-0.1, -0.05) is 12.1 Å². The first-order valence-corrected chi connectivity index (χ1v) is 9.91. The molecule has 0 amide bonds. The van der Waals surface area contributed by atoms with Crippen molar-refractivity contribution in [3.8, 4) is 34.5 Å². The predicted octanol–water partition coefficient (Wildman–Crippen LogP) is 3.94. The highest BCUT2D eigenvalue weighted by molar-refractivity contribution is 5.90. The van der Waals surface area contributed by atoms with E-state index in [-0.39, 0.29) is 0 Å². The van der Waals surface area contributed by atoms with Crippen molar-refractivity contribution in [1.29, 1.82) is 5.26 Å². The van der Waals surface area contributed by atoms with Crippen LogP contribution in [-0.2, 0) is 0 Å². The molecule has 0 unspecified atom stereocenters. The van der Waals surface area contributed by atoms with Crippen LogP contribution in [0, 0.1) is 11.3 Å². The maximum Gasteiger partial charge on any atom is 0.302 e. The quantitative estimate of drug-likeness (QED) is 0.520. The Hall–Kier alpha value is -3.92. The maximum atomic E-state index is 9.13. The predicted molar refractivity (Wildman–Crippen MR) is 114 cm³/mol. The van der Waals surface area contributed by atoms with E-state index in [9.17, 15) is 0 Å². The molecule has 7 nitrogen and oxygen atoms in total. The molecule has 7 heteroatoms. The van der Waals surface area contributed by atoms with E-state index in [1.807, 2.05) is 28.9 Å². The Labute approximate surface area is 174 Å². The highest BCUT2D eigenvalue weighted by Gasteiger charge is 2.20. The van der Waals surface area contributed by atoms with E-state index >= 15 is 0 Å². The van der Waals surface area contributed by atoms with Crippen LogP contribution >= 0.6 is 0 Å². The van der Waals surface area contributed by atoms with Crippen molar-refractivity contribution in [1.82, 2.24) is 19.4 Å². The van der Waals surface area contributed by atoms with Crippen LogP contribution in [0.4, 0.5) is 5.82 Å². The van der Waals surface area contributed by atoms with Gasteiger partial charge < -0.3 is 9.64 Å². The number of pyridine rings is 1. The van der Waals surface area contributed by atoms with Crippen molar-refractivity contribution >= 4 is 11.5 Å². The van der Waals surface area contributed by atoms with Gasteiger partial charge in [0, 0.05) is 42.8 Å². The number of hydrogen-bond acceptors (Lipinski definition) is 6. The molecular formula is C23H20N6O. The Morgan fingerprint density at radius 2 is 1.77 bits per heavy atom. The fourth-order valence-electron chi connectivity index (χ4n) is 3.94. The minimum Gasteiger partial charge on any atom is -0.468 e. The molecule has 0 N–H and O–H groups in total. The third kappa shape index (κ3) is 3.03. The molecule has 148 valence electrons. The summed E-state index contributed by atoms with van der Waals surface area (Å²) in [5.41, 5.74) is 4.79. The van der Waals surface area contributed by atoms with Crippen LogP contribution in [0.15, 0.2) is 55.0 Å². The second kappa shape index (κ2) is 7.48. The first-order valence-electron chi connectivity index (χ1n) is 9.91. The first-order chi connectivity index (χ1) is 14.8. The van der Waals surface area contributed by atoms with Gasteiger partial charge >= 0.3 is 6.01 Å². The van der Waals surface area contributed by atoms with Gasteiger partial charge in [-0.25, -0.2) is 9.97 Å². The van der Waals surface area contributed by atoms with Crippen LogP contribution in [-0.4, -0.2) is 39.6 Å². The van der Waals surface area contributed by atoms with Crippen LogP contribution < -0.4 is 9.64 Å². The number of fused-ring (bicyclic) bond motifs is 1. The second-order valence-corrected chi connectivity index (χ2v) is 7.23. The van der Waals surface area contributed by atoms with Gasteiger partial charge in [0.2, 0.25) is 0 Å². The van der Waals surface area contributed by atoms with E-state index in [1.165, 1.54) is 12.8 Å². The lowest BCUT2D eigenvalue weighted by Crippen LogP contribution is -2.18. The van der Waals surface area contributed by atoms with Gasteiger partial charge in [-0.2, -0.15) is 10.2 Å². The molecule has 0 atom stereocenters. The summed E-state index contributed by atoms with van der Waals surface area (Å²) < 4.78 is 7.34. The van der Waals surface area contributed by atoms with Gasteiger partial charge in [-0.3, -0.25) is 4.40 Å². The molecule has 5 rings (SSSR count). The van der Waals surface area contributed by atoms with E-state index in [1.54, 1.807) is 25.4 Å². The second-order valence-electron chi connectivity index (χ2n) is 7.23. The minimum atomic E-state index is 0.451. The number of imidazole rings is 1. The highest BCUT2D eigenvalue weighted by Crippen LogP contribution is 2.36. The Bertz CT molecular complexity index is 1230. The third-order valence-corrected chi connectivity index (χ3v) is 5.45. The molecule has 1 aliphatic heterocycles. The van der Waals surface area contributed by atoms with Gasteiger partial charge in [0.15, 0.2) is 5.65 Å². The van der Waals surface area contributed by atoms with Gasteiger partial charge in [0.05, 0.1) is 30.0 Å². The number of methoxy groups -OCH3 is 1. The lowest BCUT2D eigenvalue weighted by Gasteiger charge is -2.17. The van der Waals surface area contributed by atoms with Crippen LogP contribution in [0.1, 0.15) is 18.4 Å². The monoisotopic (exact) mass is 396 g/mol. The molecule has 1 aromatic carbocycles. The lowest BCUT2D eigenvalue weighted by molar-refractivity contribution is 0.375. The molecule has 0 aliphatic carbocycles. The molecular weight excluding hydrogens is 376 g/mol. The molecule has 4 heterocycles. The fourth-order valence-corrected chi connectivity index (χ4v) is 3.94. The molecule has 1 fully saturated rings. The van der Waals surface area contributed by atoms with E-state index in [4.69, 9.17) is 20.0 Å². The van der Waals surface area contributed by atoms with Gasteiger partial charge in [-0.05, 0) is 37.1 Å². The average molecular weight is 396 g/mol. The molecule has 0 bridgehead atoms. The summed E-state index contributed by atoms with van der Waals surface area (Å²) in [6.45, 7) is 2.11. The van der Waals surface area contributed by atoms with E-state index in [2.05, 4.69) is 28.1 Å². The lowest BCUT2D eigenvalue weighted by atomic mass is 10.0. The SMILES string of the molecule is COc1nc(-c2ccc(C#N)cc2)c(-c2ccc(N3CCCC3)nc2)c2nccn12. The summed E-state index contributed by atoms with van der Waals surface area (Å²) in [7, 11) is 1.59. The van der Waals surface area contributed by atoms with Crippen molar-refractivity contribution in [3.05, 3.63) is 60.6 Å². The van der Waals surface area contributed by atoms with Crippen molar-refractivity contribution in [2.24, 2.45) is 0 Å². The van der Waals surface area contributed by atoms with E-state index in [0.29, 0.717) is 11.6 Å². The van der Waals surface area contributed by atoms with Crippen LogP contribution in [0.3, 0.4) is 0 Å². The number of anilines is 1. The van der Waals surface area contributed by atoms with Crippen molar-refractivity contribution in [2.45, 2.75) is 12.8 Å². The Morgan fingerprint density at radius 1 is 1.00 bits per heavy atom. The Morgan fingerprint density at radius 3 is 2.43 bits per heavy atom. The van der Waals surface area contributed by atoms with Crippen molar-refractivity contribution < 1.29 is 4.74 Å². The van der Waals surface area contributed by atoms with E-state index < -0.39 is 0 Å². The average Bonchev–Trinajstić information content (AvgIpc) is 3.51. The maximum absolute atomic E-state index is 9.13. The van der Waals surface area contributed by atoms with Gasteiger partial charge in [-0.15, -0.1) is 0 Å². The number of hydrogen-bond donors (Lipinski definition) is 0. The minimum absolute atomic E-state index is 0.451. The zero-order valence-corrected chi connectivity index (χ0v) is 16.6. The third-order valence-electron chi connectivity index (χ3n) is 5.45. The molecule has 30 heavy (non-hydrogen) atoms. The molecule has 1 aliphatic rings. The number of rotatable bonds is 4. The molecule has 0 spiro atoms. The first kappa shape index (κ1) is 18.1. The number of nitriles is 1. The largest absolute Gasteiger partial charge is 0.468 e. The number of nitrogens with zero attached hydrogens (tertiary/aromatic N) is 6. The molecule has 4 aromatic rings. The topological polar surface area (TPSA) is 79.3 Å². The standard InChI is InChI=1S/C23H20N6O/c1-30-23-27-21(17-6-4-16(14-24)5-7-17)20(22-25-10-13-29(22)23)18-8-9-19(26-15-18)28-11-2-3-12-28/h4-10,13,15H,2-3,11-12H2,1H3. The normalized spacial score (nSPS) is 13.5. The molecule has 3 aromatic heterocycles. The van der Waals surface area contributed by atoms with Gasteiger partial charge in [0.25, 0.3) is 0 Å². The highest BCUT2D eigenvalue weighted by atomic mass is 16.5. The number of benzene rings is 1. The summed E-state index contributed by atoms with van der Waals surface area (Å²) in [5, 5.41) is 9.13. The Kier molecular flexibility index (Phi) is 4.52. The van der Waals surface area contributed by atoms with Crippen LogP contribution in [0.5, 0.6) is 6.01 Å². The summed E-state index contributed by atoms with van der Waals surface area (Å²) in [6.07, 6.45) is 7.88. The summed E-state index contributed by atoms with van der Waals surface area (Å²) in [6, 6.07) is 14.1. The summed E-state index contributed by atoms with van der Waals surface area (Å²) >= 11 is 0. The van der Waals surface area contributed by atoms with Crippen LogP contribution in [0.2, 0.25) is 0 Å². The van der Waals surface area contributed by atoms with Crippen molar-refractivity contribution in [2.75, 3.05) is 25.1 Å². The van der Waals surface area contributed by atoms with Gasteiger partial charge in [0.1, 0.15) is 5.82 Å². The Balaban J connectivity index is 1.69. The smallest absolute Gasteiger partial charge is 0.302 e. The summed E-state index contributed by atoms with van der Waals surface area (Å²) in [4.78, 5) is 16.4. The molecule has 1 saturated heterocycles. The number of aromatic nitrogens is 4.